The average molecular weight is 327 g/mol. The number of aromatic nitrogens is 1. The molecular formula is C17H14FN3OS. The summed E-state index contributed by atoms with van der Waals surface area (Å²) in [7, 11) is 1.64. The fourth-order valence-electron chi connectivity index (χ4n) is 1.97. The lowest BCUT2D eigenvalue weighted by Gasteiger charge is -2.00. The summed E-state index contributed by atoms with van der Waals surface area (Å²) in [6, 6.07) is 13.9. The van der Waals surface area contributed by atoms with Gasteiger partial charge in [-0.2, -0.15) is 5.10 Å². The van der Waals surface area contributed by atoms with E-state index in [-0.39, 0.29) is 5.82 Å². The molecule has 0 radical (unpaired) electrons. The van der Waals surface area contributed by atoms with Crippen molar-refractivity contribution in [1.29, 1.82) is 0 Å². The van der Waals surface area contributed by atoms with Crippen LogP contribution in [-0.2, 0) is 0 Å². The van der Waals surface area contributed by atoms with E-state index in [1.54, 1.807) is 25.5 Å². The number of thiazole rings is 1. The van der Waals surface area contributed by atoms with Gasteiger partial charge >= 0.3 is 0 Å². The van der Waals surface area contributed by atoms with Crippen LogP contribution in [0.1, 0.15) is 5.56 Å². The number of methoxy groups -OCH3 is 1. The zero-order chi connectivity index (χ0) is 16.1. The largest absolute Gasteiger partial charge is 0.497 e. The van der Waals surface area contributed by atoms with Gasteiger partial charge in [0.25, 0.3) is 0 Å². The SMILES string of the molecule is COc1ccc(-c2csc(N/N=C\c3cccc(F)c3)n2)cc1. The summed E-state index contributed by atoms with van der Waals surface area (Å²) in [5.41, 5.74) is 5.41. The number of hydrogen-bond acceptors (Lipinski definition) is 5. The molecule has 3 aromatic rings. The number of nitrogens with one attached hydrogen (secondary N) is 1. The first-order valence-corrected chi connectivity index (χ1v) is 7.77. The van der Waals surface area contributed by atoms with Gasteiger partial charge in [0.05, 0.1) is 19.0 Å². The van der Waals surface area contributed by atoms with Gasteiger partial charge in [-0.1, -0.05) is 12.1 Å². The lowest BCUT2D eigenvalue weighted by atomic mass is 10.2. The van der Waals surface area contributed by atoms with Crippen LogP contribution >= 0.6 is 11.3 Å². The van der Waals surface area contributed by atoms with E-state index in [9.17, 15) is 4.39 Å². The van der Waals surface area contributed by atoms with Crippen LogP contribution < -0.4 is 10.2 Å². The van der Waals surface area contributed by atoms with Crippen molar-refractivity contribution in [3.8, 4) is 17.0 Å². The van der Waals surface area contributed by atoms with Crippen molar-refractivity contribution in [2.24, 2.45) is 5.10 Å². The predicted octanol–water partition coefficient (Wildman–Crippen LogP) is 4.40. The molecule has 1 N–H and O–H groups in total. The van der Waals surface area contributed by atoms with E-state index in [4.69, 9.17) is 4.74 Å². The molecular weight excluding hydrogens is 313 g/mol. The Morgan fingerprint density at radius 1 is 1.22 bits per heavy atom. The van der Waals surface area contributed by atoms with E-state index >= 15 is 0 Å². The van der Waals surface area contributed by atoms with Gasteiger partial charge in [-0.3, -0.25) is 5.43 Å². The van der Waals surface area contributed by atoms with E-state index in [1.165, 1.54) is 23.5 Å². The molecule has 0 aliphatic rings. The Morgan fingerprint density at radius 3 is 2.78 bits per heavy atom. The molecule has 116 valence electrons. The molecule has 3 rings (SSSR count). The number of hydrogen-bond donors (Lipinski definition) is 1. The standard InChI is InChI=1S/C17H14FN3OS/c1-22-15-7-5-13(6-8-15)16-11-23-17(20-16)21-19-10-12-3-2-4-14(18)9-12/h2-11H,1H3,(H,20,21)/b19-10-. The molecule has 0 aliphatic heterocycles. The zero-order valence-electron chi connectivity index (χ0n) is 12.4. The van der Waals surface area contributed by atoms with Crippen molar-refractivity contribution in [1.82, 2.24) is 4.98 Å². The number of benzene rings is 2. The fraction of sp³-hybridized carbons (Fsp3) is 0.0588. The lowest BCUT2D eigenvalue weighted by molar-refractivity contribution is 0.415. The Labute approximate surface area is 137 Å². The van der Waals surface area contributed by atoms with Crippen molar-refractivity contribution < 1.29 is 9.13 Å². The highest BCUT2D eigenvalue weighted by molar-refractivity contribution is 7.14. The summed E-state index contributed by atoms with van der Waals surface area (Å²) >= 11 is 1.45. The van der Waals surface area contributed by atoms with Crippen LogP contribution in [0, 0.1) is 5.82 Å². The minimum atomic E-state index is -0.287. The van der Waals surface area contributed by atoms with Gasteiger partial charge < -0.3 is 4.74 Å². The van der Waals surface area contributed by atoms with Gasteiger partial charge in [-0.15, -0.1) is 11.3 Å². The highest BCUT2D eigenvalue weighted by Crippen LogP contribution is 2.26. The predicted molar refractivity (Wildman–Crippen MR) is 91.7 cm³/mol. The van der Waals surface area contributed by atoms with Gasteiger partial charge in [0, 0.05) is 10.9 Å². The molecule has 0 saturated heterocycles. The summed E-state index contributed by atoms with van der Waals surface area (Å²) in [5.74, 6) is 0.520. The summed E-state index contributed by atoms with van der Waals surface area (Å²) < 4.78 is 18.2. The number of anilines is 1. The third-order valence-corrected chi connectivity index (χ3v) is 3.86. The second-order valence-electron chi connectivity index (χ2n) is 4.69. The normalized spacial score (nSPS) is 10.9. The second kappa shape index (κ2) is 7.02. The van der Waals surface area contributed by atoms with Gasteiger partial charge in [0.1, 0.15) is 11.6 Å². The molecule has 0 amide bonds. The summed E-state index contributed by atoms with van der Waals surface area (Å²) in [6.07, 6.45) is 1.55. The van der Waals surface area contributed by atoms with Crippen molar-refractivity contribution in [2.45, 2.75) is 0 Å². The van der Waals surface area contributed by atoms with Crippen molar-refractivity contribution >= 4 is 22.7 Å². The van der Waals surface area contributed by atoms with E-state index in [0.717, 1.165) is 17.0 Å². The number of rotatable bonds is 5. The average Bonchev–Trinajstić information content (AvgIpc) is 3.04. The molecule has 0 aliphatic carbocycles. The van der Waals surface area contributed by atoms with Crippen LogP contribution in [0.5, 0.6) is 5.75 Å². The minimum absolute atomic E-state index is 0.287. The Hall–Kier alpha value is -2.73. The number of nitrogens with zero attached hydrogens (tertiary/aromatic N) is 2. The highest BCUT2D eigenvalue weighted by atomic mass is 32.1. The summed E-state index contributed by atoms with van der Waals surface area (Å²) in [4.78, 5) is 4.46. The molecule has 0 saturated carbocycles. The number of ether oxygens (including phenoxy) is 1. The third kappa shape index (κ3) is 3.92. The van der Waals surface area contributed by atoms with Crippen LogP contribution in [0.25, 0.3) is 11.3 Å². The maximum absolute atomic E-state index is 13.1. The van der Waals surface area contributed by atoms with E-state index in [1.807, 2.05) is 29.6 Å². The Kier molecular flexibility index (Phi) is 4.63. The minimum Gasteiger partial charge on any atom is -0.497 e. The van der Waals surface area contributed by atoms with Crippen LogP contribution in [0.4, 0.5) is 9.52 Å². The molecule has 1 heterocycles. The maximum Gasteiger partial charge on any atom is 0.203 e. The molecule has 0 bridgehead atoms. The van der Waals surface area contributed by atoms with Gasteiger partial charge in [0.2, 0.25) is 5.13 Å². The lowest BCUT2D eigenvalue weighted by Crippen LogP contribution is -1.90. The molecule has 2 aromatic carbocycles. The van der Waals surface area contributed by atoms with Crippen molar-refractivity contribution in [3.63, 3.8) is 0 Å². The summed E-state index contributed by atoms with van der Waals surface area (Å²) in [5, 5.41) is 6.69. The Balaban J connectivity index is 1.67. The van der Waals surface area contributed by atoms with Crippen LogP contribution in [-0.4, -0.2) is 18.3 Å². The quantitative estimate of drug-likeness (QED) is 0.558. The van der Waals surface area contributed by atoms with Gasteiger partial charge in [-0.05, 0) is 42.0 Å². The van der Waals surface area contributed by atoms with Crippen LogP contribution in [0.2, 0.25) is 0 Å². The summed E-state index contributed by atoms with van der Waals surface area (Å²) in [6.45, 7) is 0. The maximum atomic E-state index is 13.1. The highest BCUT2D eigenvalue weighted by Gasteiger charge is 2.04. The second-order valence-corrected chi connectivity index (χ2v) is 5.55. The monoisotopic (exact) mass is 327 g/mol. The third-order valence-electron chi connectivity index (χ3n) is 3.11. The smallest absolute Gasteiger partial charge is 0.203 e. The number of hydrazone groups is 1. The zero-order valence-corrected chi connectivity index (χ0v) is 13.2. The first-order chi connectivity index (χ1) is 11.2. The van der Waals surface area contributed by atoms with E-state index in [0.29, 0.717) is 10.7 Å². The fourth-order valence-corrected chi connectivity index (χ4v) is 2.64. The van der Waals surface area contributed by atoms with Crippen molar-refractivity contribution in [3.05, 3.63) is 65.3 Å². The first-order valence-electron chi connectivity index (χ1n) is 6.89. The molecule has 0 unspecified atom stereocenters. The molecule has 4 nitrogen and oxygen atoms in total. The van der Waals surface area contributed by atoms with E-state index < -0.39 is 0 Å². The van der Waals surface area contributed by atoms with Crippen molar-refractivity contribution in [2.75, 3.05) is 12.5 Å². The van der Waals surface area contributed by atoms with Crippen LogP contribution in [0.15, 0.2) is 59.0 Å². The number of halogens is 1. The molecule has 23 heavy (non-hydrogen) atoms. The first kappa shape index (κ1) is 15.2. The molecule has 1 aromatic heterocycles. The van der Waals surface area contributed by atoms with Gasteiger partial charge in [-0.25, -0.2) is 9.37 Å². The van der Waals surface area contributed by atoms with Gasteiger partial charge in [0.15, 0.2) is 0 Å². The topological polar surface area (TPSA) is 46.5 Å². The van der Waals surface area contributed by atoms with Crippen LogP contribution in [0.3, 0.4) is 0 Å². The Bertz CT molecular complexity index is 815. The molecule has 0 spiro atoms. The Morgan fingerprint density at radius 2 is 2.04 bits per heavy atom. The van der Waals surface area contributed by atoms with E-state index in [2.05, 4.69) is 15.5 Å². The molecule has 0 atom stereocenters. The molecule has 0 fully saturated rings. The molecule has 6 heteroatoms.